The third kappa shape index (κ3) is 6.88. The van der Waals surface area contributed by atoms with E-state index in [1.165, 1.54) is 25.3 Å². The van der Waals surface area contributed by atoms with E-state index in [-0.39, 0.29) is 23.2 Å². The van der Waals surface area contributed by atoms with Crippen molar-refractivity contribution in [1.82, 2.24) is 15.7 Å². The summed E-state index contributed by atoms with van der Waals surface area (Å²) in [7, 11) is 0. The summed E-state index contributed by atoms with van der Waals surface area (Å²) in [6, 6.07) is 4.11. The first-order valence-corrected chi connectivity index (χ1v) is 13.4. The minimum absolute atomic E-state index is 0.157. The highest BCUT2D eigenvalue weighted by Gasteiger charge is 2.36. The van der Waals surface area contributed by atoms with Gasteiger partial charge in [0.05, 0.1) is 26.3 Å². The number of halogens is 1. The van der Waals surface area contributed by atoms with Gasteiger partial charge in [-0.05, 0) is 43.0 Å². The lowest BCUT2D eigenvalue weighted by Gasteiger charge is -2.30. The highest BCUT2D eigenvalue weighted by Crippen LogP contribution is 2.40. The van der Waals surface area contributed by atoms with E-state index in [0.29, 0.717) is 45.2 Å². The van der Waals surface area contributed by atoms with Crippen LogP contribution in [0.2, 0.25) is 0 Å². The van der Waals surface area contributed by atoms with Crippen molar-refractivity contribution in [2.75, 3.05) is 44.3 Å². The van der Waals surface area contributed by atoms with Crippen LogP contribution in [0.4, 0.5) is 14.9 Å². The summed E-state index contributed by atoms with van der Waals surface area (Å²) in [6.07, 6.45) is 5.73. The Hall–Kier alpha value is -2.39. The van der Waals surface area contributed by atoms with Crippen molar-refractivity contribution in [3.05, 3.63) is 29.6 Å². The van der Waals surface area contributed by atoms with E-state index in [2.05, 4.69) is 29.4 Å². The highest BCUT2D eigenvalue weighted by atomic mass is 19.1. The number of morpholine rings is 1. The number of nitrogens with one attached hydrogen (secondary N) is 2. The van der Waals surface area contributed by atoms with E-state index in [9.17, 15) is 14.0 Å². The predicted octanol–water partition coefficient (Wildman–Crippen LogP) is 3.74. The number of hydrogen-bond acceptors (Lipinski definition) is 6. The second kappa shape index (κ2) is 11.8. The summed E-state index contributed by atoms with van der Waals surface area (Å²) in [4.78, 5) is 33.6. The number of anilines is 1. The van der Waals surface area contributed by atoms with Crippen LogP contribution >= 0.6 is 0 Å². The summed E-state index contributed by atoms with van der Waals surface area (Å²) >= 11 is 0. The van der Waals surface area contributed by atoms with Gasteiger partial charge in [0.1, 0.15) is 11.9 Å². The number of amides is 2. The lowest BCUT2D eigenvalue weighted by Crippen LogP contribution is -2.53. The molecule has 4 rings (SSSR count). The van der Waals surface area contributed by atoms with Crippen LogP contribution in [0.3, 0.4) is 0 Å². The van der Waals surface area contributed by atoms with Gasteiger partial charge in [-0.2, -0.15) is 0 Å². The molecule has 0 unspecified atom stereocenters. The molecule has 0 radical (unpaired) electrons. The molecule has 36 heavy (non-hydrogen) atoms. The Morgan fingerprint density at radius 3 is 2.61 bits per heavy atom. The molecule has 1 aromatic carbocycles. The Balaban J connectivity index is 1.37. The fourth-order valence-electron chi connectivity index (χ4n) is 5.77. The molecule has 200 valence electrons. The van der Waals surface area contributed by atoms with E-state index >= 15 is 0 Å². The van der Waals surface area contributed by atoms with Crippen LogP contribution in [0.15, 0.2) is 18.2 Å². The van der Waals surface area contributed by atoms with E-state index < -0.39 is 12.1 Å². The van der Waals surface area contributed by atoms with Gasteiger partial charge >= 0.3 is 6.09 Å². The van der Waals surface area contributed by atoms with Crippen molar-refractivity contribution in [3.8, 4) is 0 Å². The smallest absolute Gasteiger partial charge is 0.379 e. The van der Waals surface area contributed by atoms with Crippen LogP contribution in [-0.4, -0.2) is 68.5 Å². The molecule has 1 aromatic rings. The second-order valence-electron chi connectivity index (χ2n) is 11.2. The fraction of sp³-hybridized carbons (Fsp3) is 0.704. The number of benzene rings is 1. The average molecular weight is 505 g/mol. The maximum atomic E-state index is 13.9. The number of hydroxylamine groups is 2. The molecule has 2 fully saturated rings. The van der Waals surface area contributed by atoms with Gasteiger partial charge in [-0.15, -0.1) is 5.06 Å². The van der Waals surface area contributed by atoms with Crippen LogP contribution < -0.4 is 15.5 Å². The molecular formula is C27H41FN4O4. The molecule has 2 amide bonds. The zero-order chi connectivity index (χ0) is 25.7. The zero-order valence-corrected chi connectivity index (χ0v) is 21.9. The maximum Gasteiger partial charge on any atom is 0.426 e. The monoisotopic (exact) mass is 504 g/mol. The first-order chi connectivity index (χ1) is 17.2. The predicted molar refractivity (Wildman–Crippen MR) is 136 cm³/mol. The second-order valence-corrected chi connectivity index (χ2v) is 11.2. The minimum Gasteiger partial charge on any atom is -0.379 e. The number of ether oxygens (including phenoxy) is 1. The van der Waals surface area contributed by atoms with Crippen LogP contribution in [-0.2, 0) is 19.8 Å². The number of rotatable bonds is 8. The number of fused-ring (bicyclic) bond motifs is 1. The third-order valence-corrected chi connectivity index (χ3v) is 7.58. The molecule has 0 spiro atoms. The molecule has 2 aliphatic heterocycles. The molecule has 2 N–H and O–H groups in total. The molecule has 0 aromatic heterocycles. The Morgan fingerprint density at radius 2 is 1.89 bits per heavy atom. The van der Waals surface area contributed by atoms with Crippen LogP contribution in [0.25, 0.3) is 0 Å². The Bertz CT molecular complexity index is 915. The van der Waals surface area contributed by atoms with E-state index in [0.717, 1.165) is 30.6 Å². The summed E-state index contributed by atoms with van der Waals surface area (Å²) < 4.78 is 19.2. The Kier molecular flexibility index (Phi) is 8.72. The van der Waals surface area contributed by atoms with Gasteiger partial charge in [0.25, 0.3) is 0 Å². The Morgan fingerprint density at radius 1 is 1.17 bits per heavy atom. The first kappa shape index (κ1) is 26.7. The molecule has 2 atom stereocenters. The Labute approximate surface area is 213 Å². The van der Waals surface area contributed by atoms with Gasteiger partial charge in [0, 0.05) is 30.2 Å². The third-order valence-electron chi connectivity index (χ3n) is 7.58. The van der Waals surface area contributed by atoms with Gasteiger partial charge in [-0.1, -0.05) is 46.0 Å². The number of hydrogen-bond donors (Lipinski definition) is 2. The van der Waals surface area contributed by atoms with Gasteiger partial charge in [-0.25, -0.2) is 9.18 Å². The molecule has 9 heteroatoms. The summed E-state index contributed by atoms with van der Waals surface area (Å²) in [5.74, 6) is -0.00921. The molecule has 1 aliphatic carbocycles. The van der Waals surface area contributed by atoms with E-state index in [4.69, 9.17) is 9.57 Å². The largest absolute Gasteiger partial charge is 0.426 e. The maximum absolute atomic E-state index is 13.9. The van der Waals surface area contributed by atoms with Crippen molar-refractivity contribution in [2.45, 2.75) is 76.8 Å². The topological polar surface area (TPSA) is 83.1 Å². The molecule has 1 saturated carbocycles. The quantitative estimate of drug-likeness (QED) is 0.561. The highest BCUT2D eigenvalue weighted by molar-refractivity contribution is 5.85. The molecule has 8 nitrogen and oxygen atoms in total. The molecule has 2 heterocycles. The van der Waals surface area contributed by atoms with Crippen molar-refractivity contribution in [3.63, 3.8) is 0 Å². The van der Waals surface area contributed by atoms with E-state index in [1.54, 1.807) is 11.1 Å². The van der Waals surface area contributed by atoms with Gasteiger partial charge in [-0.3, -0.25) is 4.79 Å². The zero-order valence-electron chi connectivity index (χ0n) is 21.9. The number of carbonyl (C=O) groups excluding carboxylic acids is 2. The van der Waals surface area contributed by atoms with Crippen molar-refractivity contribution >= 4 is 17.7 Å². The molecular weight excluding hydrogens is 463 g/mol. The van der Waals surface area contributed by atoms with Crippen molar-refractivity contribution < 1.29 is 23.6 Å². The van der Waals surface area contributed by atoms with Crippen molar-refractivity contribution in [1.29, 1.82) is 0 Å². The van der Waals surface area contributed by atoms with Crippen molar-refractivity contribution in [2.24, 2.45) is 5.92 Å². The lowest BCUT2D eigenvalue weighted by atomic mass is 9.84. The summed E-state index contributed by atoms with van der Waals surface area (Å²) in [5, 5.41) is 7.53. The normalized spacial score (nSPS) is 21.9. The van der Waals surface area contributed by atoms with Gasteiger partial charge in [0.15, 0.2) is 0 Å². The van der Waals surface area contributed by atoms with Gasteiger partial charge < -0.3 is 25.1 Å². The van der Waals surface area contributed by atoms with Crippen LogP contribution in [0.5, 0.6) is 0 Å². The van der Waals surface area contributed by atoms with E-state index in [1.807, 2.05) is 13.0 Å². The SMILES string of the molecule is C[C@@H](CN1CC(C)(C)c2cc(F)ccc21)NC(=O)[C@H](CC1CCCCC1)NC(=O)ON1CCOCC1. The number of nitrogens with zero attached hydrogens (tertiary/aromatic N) is 2. The fourth-order valence-corrected chi connectivity index (χ4v) is 5.77. The number of carbonyl (C=O) groups is 2. The first-order valence-electron chi connectivity index (χ1n) is 13.4. The standard InChI is InChI=1S/C27H41FN4O4/c1-19(17-31-18-27(2,3)22-16-21(28)9-10-24(22)31)29-25(33)23(15-20-7-5-4-6-8-20)30-26(34)36-32-11-13-35-14-12-32/h9-10,16,19-20,23H,4-8,11-15,17-18H2,1-3H3,(H,29,33)(H,30,34)/t19-,23-/m0/s1. The summed E-state index contributed by atoms with van der Waals surface area (Å²) in [6.45, 7) is 9.60. The van der Waals surface area contributed by atoms with Gasteiger partial charge in [0.2, 0.25) is 5.91 Å². The molecule has 1 saturated heterocycles. The van der Waals surface area contributed by atoms with Crippen LogP contribution in [0.1, 0.15) is 64.9 Å². The minimum atomic E-state index is -0.652. The lowest BCUT2D eigenvalue weighted by molar-refractivity contribution is -0.147. The average Bonchev–Trinajstić information content (AvgIpc) is 3.08. The summed E-state index contributed by atoms with van der Waals surface area (Å²) in [5.41, 5.74) is 1.83. The van der Waals surface area contributed by atoms with Crippen LogP contribution in [0, 0.1) is 11.7 Å². The molecule has 3 aliphatic rings. The molecule has 0 bridgehead atoms.